The number of para-hydroxylation sites is 1. The molecule has 2 aromatic carbocycles. The Labute approximate surface area is 204 Å². The van der Waals surface area contributed by atoms with Gasteiger partial charge in [-0.2, -0.15) is 0 Å². The Morgan fingerprint density at radius 2 is 1.68 bits per heavy atom. The number of aryl methyl sites for hydroxylation is 1. The molecule has 172 valence electrons. The van der Waals surface area contributed by atoms with Gasteiger partial charge in [-0.15, -0.1) is 11.8 Å². The van der Waals surface area contributed by atoms with E-state index in [9.17, 15) is 19.5 Å². The molecule has 2 bridgehead atoms. The number of thiazole rings is 1. The number of imide groups is 1. The van der Waals surface area contributed by atoms with Crippen LogP contribution in [0.25, 0.3) is 0 Å². The zero-order valence-corrected chi connectivity index (χ0v) is 19.9. The lowest BCUT2D eigenvalue weighted by Crippen LogP contribution is -2.42. The molecule has 0 radical (unpaired) electrons. The van der Waals surface area contributed by atoms with Crippen molar-refractivity contribution in [2.24, 2.45) is 29.6 Å². The maximum Gasteiger partial charge on any atom is 0.305 e. The van der Waals surface area contributed by atoms with Crippen LogP contribution in [0.15, 0.2) is 58.4 Å². The second kappa shape index (κ2) is 7.09. The summed E-state index contributed by atoms with van der Waals surface area (Å²) in [4.78, 5) is 44.8. The van der Waals surface area contributed by atoms with Crippen molar-refractivity contribution in [1.82, 2.24) is 4.98 Å². The number of anilines is 1. The number of nitrogens with one attached hydrogen (secondary N) is 1. The van der Waals surface area contributed by atoms with Crippen LogP contribution in [0.1, 0.15) is 28.3 Å². The second-order valence-electron chi connectivity index (χ2n) is 9.87. The fourth-order valence-corrected chi connectivity index (χ4v) is 9.94. The third-order valence-corrected chi connectivity index (χ3v) is 10.9. The van der Waals surface area contributed by atoms with Crippen molar-refractivity contribution in [3.63, 3.8) is 0 Å². The summed E-state index contributed by atoms with van der Waals surface area (Å²) in [5.74, 6) is -0.615. The molecule has 7 atom stereocenters. The third kappa shape index (κ3) is 2.61. The number of fused-ring (bicyclic) bond motifs is 9. The van der Waals surface area contributed by atoms with Crippen molar-refractivity contribution < 1.29 is 14.7 Å². The summed E-state index contributed by atoms with van der Waals surface area (Å²) in [7, 11) is 0. The van der Waals surface area contributed by atoms with E-state index in [0.717, 1.165) is 27.5 Å². The van der Waals surface area contributed by atoms with Gasteiger partial charge in [0.05, 0.1) is 22.5 Å². The number of aromatic nitrogens is 1. The van der Waals surface area contributed by atoms with E-state index in [4.69, 9.17) is 0 Å². The molecule has 0 unspecified atom stereocenters. The monoisotopic (exact) mass is 490 g/mol. The molecule has 2 aliphatic carbocycles. The van der Waals surface area contributed by atoms with Crippen molar-refractivity contribution >= 4 is 40.6 Å². The molecule has 2 N–H and O–H groups in total. The molecular weight excluding hydrogens is 468 g/mol. The molecule has 4 aliphatic rings. The van der Waals surface area contributed by atoms with Crippen molar-refractivity contribution in [2.45, 2.75) is 29.5 Å². The predicted octanol–water partition coefficient (Wildman–Crippen LogP) is 4.13. The Balaban J connectivity index is 1.34. The number of nitrogens with zero attached hydrogens (tertiary/aromatic N) is 1. The number of hydrogen-bond acceptors (Lipinski definition) is 6. The first-order chi connectivity index (χ1) is 16.4. The average Bonchev–Trinajstić information content (AvgIpc) is 3.54. The molecule has 3 heterocycles. The highest BCUT2D eigenvalue weighted by molar-refractivity contribution is 8.00. The first-order valence-electron chi connectivity index (χ1n) is 11.6. The van der Waals surface area contributed by atoms with Gasteiger partial charge in [-0.3, -0.25) is 19.3 Å². The number of carbonyl (C=O) groups is 2. The number of phenols is 1. The third-order valence-electron chi connectivity index (χ3n) is 8.29. The minimum absolute atomic E-state index is 0.0364. The van der Waals surface area contributed by atoms with Crippen LogP contribution in [0.3, 0.4) is 0 Å². The van der Waals surface area contributed by atoms with Crippen LogP contribution < -0.4 is 9.77 Å². The molecule has 3 fully saturated rings. The summed E-state index contributed by atoms with van der Waals surface area (Å²) < 4.78 is 0. The molecule has 2 aliphatic heterocycles. The average molecular weight is 491 g/mol. The lowest BCUT2D eigenvalue weighted by atomic mass is 9.68. The number of aromatic amines is 1. The van der Waals surface area contributed by atoms with Gasteiger partial charge < -0.3 is 10.1 Å². The Morgan fingerprint density at radius 3 is 2.41 bits per heavy atom. The van der Waals surface area contributed by atoms with Crippen LogP contribution in [0.2, 0.25) is 0 Å². The highest BCUT2D eigenvalue weighted by Gasteiger charge is 2.69. The van der Waals surface area contributed by atoms with Gasteiger partial charge in [-0.05, 0) is 49.3 Å². The maximum atomic E-state index is 13.7. The zero-order valence-electron chi connectivity index (χ0n) is 18.3. The van der Waals surface area contributed by atoms with Crippen LogP contribution in [-0.2, 0) is 9.59 Å². The van der Waals surface area contributed by atoms with Crippen molar-refractivity contribution in [3.05, 3.63) is 74.2 Å². The Hall–Kier alpha value is -2.84. The van der Waals surface area contributed by atoms with Crippen LogP contribution in [0, 0.1) is 36.5 Å². The fraction of sp³-hybridized carbons (Fsp3) is 0.346. The quantitative estimate of drug-likeness (QED) is 0.527. The van der Waals surface area contributed by atoms with Gasteiger partial charge in [0.25, 0.3) is 0 Å². The molecule has 8 heteroatoms. The van der Waals surface area contributed by atoms with Gasteiger partial charge in [0.1, 0.15) is 5.75 Å². The molecule has 34 heavy (non-hydrogen) atoms. The first kappa shape index (κ1) is 20.5. The van der Waals surface area contributed by atoms with E-state index in [0.29, 0.717) is 5.69 Å². The molecule has 2 amide bonds. The van der Waals surface area contributed by atoms with Crippen LogP contribution >= 0.6 is 23.1 Å². The number of benzene rings is 2. The highest BCUT2D eigenvalue weighted by Crippen LogP contribution is 2.69. The second-order valence-corrected chi connectivity index (χ2v) is 12.1. The van der Waals surface area contributed by atoms with E-state index < -0.39 is 0 Å². The van der Waals surface area contributed by atoms with Crippen molar-refractivity contribution in [1.29, 1.82) is 0 Å². The number of thioether (sulfide) groups is 1. The number of hydrogen-bond donors (Lipinski definition) is 2. The van der Waals surface area contributed by atoms with E-state index in [1.54, 1.807) is 23.9 Å². The molecule has 1 saturated heterocycles. The minimum Gasteiger partial charge on any atom is -0.508 e. The number of amides is 2. The van der Waals surface area contributed by atoms with Gasteiger partial charge in [0, 0.05) is 21.6 Å². The molecule has 1 aromatic heterocycles. The summed E-state index contributed by atoms with van der Waals surface area (Å²) in [5, 5.41) is 11.7. The SMILES string of the molecule is Cc1ccc(N2C(=O)[C@H]3[C@H]4C[C@@H]([C@@H]3C2=O)[C@H]2[C@@H](c3ccccc3O)c3sc(=O)[nH]c3S[C@H]42)cc1. The van der Waals surface area contributed by atoms with Gasteiger partial charge in [0.15, 0.2) is 0 Å². The number of carbonyl (C=O) groups excluding carboxylic acids is 2. The smallest absolute Gasteiger partial charge is 0.305 e. The molecule has 6 nitrogen and oxygen atoms in total. The fourth-order valence-electron chi connectivity index (χ4n) is 7.06. The normalized spacial score (nSPS) is 33.2. The van der Waals surface area contributed by atoms with E-state index in [2.05, 4.69) is 4.98 Å². The summed E-state index contributed by atoms with van der Waals surface area (Å²) in [5.41, 5.74) is 2.52. The molecular formula is C26H22N2O4S2. The van der Waals surface area contributed by atoms with Gasteiger partial charge >= 0.3 is 4.87 Å². The standard InChI is InChI=1S/C26H22N2O4S2/c1-11-6-8-12(9-7-11)28-24(30)19-14-10-15(20(19)25(28)31)21-18(14)17(13-4-2-3-5-16(13)29)22-23(33-21)27-26(32)34-22/h2-9,14-15,17-21,29H,10H2,1H3,(H,27,32)/t14-,15-,17-,18+,19+,20+,21-/m1/s1. The lowest BCUT2D eigenvalue weighted by Gasteiger charge is -2.43. The minimum atomic E-state index is -0.341. The van der Waals surface area contributed by atoms with Gasteiger partial charge in [-0.1, -0.05) is 47.2 Å². The van der Waals surface area contributed by atoms with Crippen LogP contribution in [0.4, 0.5) is 5.69 Å². The molecule has 3 aromatic rings. The summed E-state index contributed by atoms with van der Waals surface area (Å²) in [6, 6.07) is 14.9. The van der Waals surface area contributed by atoms with E-state index >= 15 is 0 Å². The van der Waals surface area contributed by atoms with E-state index in [1.165, 1.54) is 16.2 Å². The Morgan fingerprint density at radius 1 is 0.971 bits per heavy atom. The number of H-pyrrole nitrogens is 1. The highest BCUT2D eigenvalue weighted by atomic mass is 32.2. The zero-order chi connectivity index (χ0) is 23.3. The topological polar surface area (TPSA) is 90.5 Å². The van der Waals surface area contributed by atoms with Crippen molar-refractivity contribution in [3.8, 4) is 5.75 Å². The molecule has 2 saturated carbocycles. The van der Waals surface area contributed by atoms with E-state index in [1.807, 2.05) is 43.3 Å². The van der Waals surface area contributed by atoms with Crippen molar-refractivity contribution in [2.75, 3.05) is 4.90 Å². The Bertz CT molecular complexity index is 1410. The lowest BCUT2D eigenvalue weighted by molar-refractivity contribution is -0.123. The number of aromatic hydroxyl groups is 1. The molecule has 7 rings (SSSR count). The summed E-state index contributed by atoms with van der Waals surface area (Å²) >= 11 is 2.86. The van der Waals surface area contributed by atoms with Crippen LogP contribution in [0.5, 0.6) is 5.75 Å². The van der Waals surface area contributed by atoms with Gasteiger partial charge in [-0.25, -0.2) is 0 Å². The summed E-state index contributed by atoms with van der Waals surface area (Å²) in [6.07, 6.45) is 0.833. The van der Waals surface area contributed by atoms with E-state index in [-0.39, 0.29) is 63.2 Å². The van der Waals surface area contributed by atoms with Gasteiger partial charge in [0.2, 0.25) is 11.8 Å². The first-order valence-corrected chi connectivity index (χ1v) is 13.3. The number of rotatable bonds is 2. The Kier molecular flexibility index (Phi) is 4.28. The summed E-state index contributed by atoms with van der Waals surface area (Å²) in [6.45, 7) is 1.98. The maximum absolute atomic E-state index is 13.7. The predicted molar refractivity (Wildman–Crippen MR) is 130 cm³/mol. The molecule has 0 spiro atoms. The van der Waals surface area contributed by atoms with Crippen LogP contribution in [-0.4, -0.2) is 27.2 Å². The number of phenolic OH excluding ortho intramolecular Hbond substituents is 1. The largest absolute Gasteiger partial charge is 0.508 e.